The van der Waals surface area contributed by atoms with E-state index in [1.54, 1.807) is 30.6 Å². The fourth-order valence-corrected chi connectivity index (χ4v) is 4.10. The molecule has 1 aromatic heterocycles. The maximum atomic E-state index is 13.1. The summed E-state index contributed by atoms with van der Waals surface area (Å²) in [6.07, 6.45) is 4.46. The molecule has 1 saturated heterocycles. The Bertz CT molecular complexity index is 1190. The third kappa shape index (κ3) is 5.59. The number of nitrogens with one attached hydrogen (secondary N) is 1. The summed E-state index contributed by atoms with van der Waals surface area (Å²) in [6, 6.07) is 18.8. The monoisotopic (exact) mass is 454 g/mol. The fraction of sp³-hybridized carbons (Fsp3) is 0.259. The fourth-order valence-electron chi connectivity index (χ4n) is 4.10. The lowest BCUT2D eigenvalue weighted by molar-refractivity contribution is 0.0713. The van der Waals surface area contributed by atoms with Gasteiger partial charge in [0.15, 0.2) is 0 Å². The molecule has 7 heteroatoms. The SMILES string of the molecule is Cc1ccc(C(=O)N2CCC(c3ccc(C#N)cc3)CC2)cc1NC(=O)OCc1cccnc1. The van der Waals surface area contributed by atoms with Gasteiger partial charge in [-0.2, -0.15) is 5.26 Å². The molecule has 7 nitrogen and oxygen atoms in total. The first-order valence-corrected chi connectivity index (χ1v) is 11.3. The van der Waals surface area contributed by atoms with E-state index < -0.39 is 6.09 Å². The molecular weight excluding hydrogens is 428 g/mol. The van der Waals surface area contributed by atoms with E-state index in [4.69, 9.17) is 10.00 Å². The summed E-state index contributed by atoms with van der Waals surface area (Å²) >= 11 is 0. The highest BCUT2D eigenvalue weighted by atomic mass is 16.5. The highest BCUT2D eigenvalue weighted by molar-refractivity contribution is 5.96. The van der Waals surface area contributed by atoms with Gasteiger partial charge in [0.25, 0.3) is 5.91 Å². The minimum Gasteiger partial charge on any atom is -0.444 e. The summed E-state index contributed by atoms with van der Waals surface area (Å²) in [7, 11) is 0. The van der Waals surface area contributed by atoms with Crippen molar-refractivity contribution in [3.05, 3.63) is 94.8 Å². The molecule has 0 radical (unpaired) electrons. The molecule has 0 spiro atoms. The first kappa shape index (κ1) is 23.0. The lowest BCUT2D eigenvalue weighted by atomic mass is 9.89. The molecule has 1 aliphatic heterocycles. The molecule has 0 unspecified atom stereocenters. The molecule has 3 aromatic rings. The van der Waals surface area contributed by atoms with Crippen molar-refractivity contribution in [1.29, 1.82) is 5.26 Å². The quantitative estimate of drug-likeness (QED) is 0.583. The van der Waals surface area contributed by atoms with Crippen LogP contribution >= 0.6 is 0 Å². The maximum Gasteiger partial charge on any atom is 0.411 e. The first-order chi connectivity index (χ1) is 16.5. The molecule has 1 fully saturated rings. The molecule has 4 rings (SSSR count). The first-order valence-electron chi connectivity index (χ1n) is 11.3. The van der Waals surface area contributed by atoms with Gasteiger partial charge in [-0.25, -0.2) is 4.79 Å². The summed E-state index contributed by atoms with van der Waals surface area (Å²) in [6.45, 7) is 3.31. The molecular formula is C27H26N4O3. The number of carbonyl (C=O) groups excluding carboxylic acids is 2. The van der Waals surface area contributed by atoms with Gasteiger partial charge in [-0.15, -0.1) is 0 Å². The number of rotatable bonds is 5. The molecule has 0 atom stereocenters. The van der Waals surface area contributed by atoms with Crippen LogP contribution in [0.1, 0.15) is 51.4 Å². The Labute approximate surface area is 199 Å². The number of aromatic nitrogens is 1. The van der Waals surface area contributed by atoms with E-state index in [1.165, 1.54) is 5.56 Å². The number of nitrogens with zero attached hydrogens (tertiary/aromatic N) is 3. The second-order valence-corrected chi connectivity index (χ2v) is 8.39. The Kier molecular flexibility index (Phi) is 7.19. The van der Waals surface area contributed by atoms with E-state index in [-0.39, 0.29) is 12.5 Å². The lowest BCUT2D eigenvalue weighted by Gasteiger charge is -2.32. The Hall–Kier alpha value is -4.18. The number of hydrogen-bond acceptors (Lipinski definition) is 5. The lowest BCUT2D eigenvalue weighted by Crippen LogP contribution is -2.38. The van der Waals surface area contributed by atoms with Crippen LogP contribution in [-0.4, -0.2) is 35.0 Å². The van der Waals surface area contributed by atoms with E-state index in [0.717, 1.165) is 24.0 Å². The van der Waals surface area contributed by atoms with Crippen molar-refractivity contribution in [1.82, 2.24) is 9.88 Å². The molecule has 2 heterocycles. The van der Waals surface area contributed by atoms with Gasteiger partial charge < -0.3 is 9.64 Å². The number of likely N-dealkylation sites (tertiary alicyclic amines) is 1. The van der Waals surface area contributed by atoms with Gasteiger partial charge in [-0.1, -0.05) is 24.3 Å². The predicted molar refractivity (Wildman–Crippen MR) is 128 cm³/mol. The largest absolute Gasteiger partial charge is 0.444 e. The number of aryl methyl sites for hydroxylation is 1. The number of ether oxygens (including phenoxy) is 1. The third-order valence-electron chi connectivity index (χ3n) is 6.11. The van der Waals surface area contributed by atoms with Gasteiger partial charge >= 0.3 is 6.09 Å². The minimum absolute atomic E-state index is 0.0509. The second-order valence-electron chi connectivity index (χ2n) is 8.39. The van der Waals surface area contributed by atoms with Gasteiger partial charge in [-0.3, -0.25) is 15.1 Å². The summed E-state index contributed by atoms with van der Waals surface area (Å²) in [5.41, 5.74) is 4.58. The molecule has 0 aliphatic carbocycles. The van der Waals surface area contributed by atoms with Gasteiger partial charge in [0, 0.05) is 42.3 Å². The molecule has 1 N–H and O–H groups in total. The predicted octanol–water partition coefficient (Wildman–Crippen LogP) is 5.03. The van der Waals surface area contributed by atoms with Crippen molar-refractivity contribution >= 4 is 17.7 Å². The van der Waals surface area contributed by atoms with Gasteiger partial charge in [0.2, 0.25) is 0 Å². The van der Waals surface area contributed by atoms with E-state index in [0.29, 0.717) is 35.8 Å². The Morgan fingerprint density at radius 1 is 1.15 bits per heavy atom. The van der Waals surface area contributed by atoms with Crippen molar-refractivity contribution in [2.24, 2.45) is 0 Å². The third-order valence-corrected chi connectivity index (χ3v) is 6.11. The summed E-state index contributed by atoms with van der Waals surface area (Å²) in [5.74, 6) is 0.326. The highest BCUT2D eigenvalue weighted by Gasteiger charge is 2.25. The average molecular weight is 455 g/mol. The van der Waals surface area contributed by atoms with E-state index >= 15 is 0 Å². The van der Waals surface area contributed by atoms with Crippen LogP contribution in [0.2, 0.25) is 0 Å². The normalized spacial score (nSPS) is 13.7. The zero-order valence-electron chi connectivity index (χ0n) is 19.0. The van der Waals surface area contributed by atoms with Crippen LogP contribution in [0.4, 0.5) is 10.5 Å². The maximum absolute atomic E-state index is 13.1. The zero-order chi connectivity index (χ0) is 23.9. The molecule has 2 amide bonds. The van der Waals surface area contributed by atoms with Crippen LogP contribution < -0.4 is 5.32 Å². The standard InChI is InChI=1S/C27H26N4O3/c1-19-4-7-24(15-25(19)30-27(33)34-18-21-3-2-12-29-17-21)26(32)31-13-10-23(11-14-31)22-8-5-20(16-28)6-9-22/h2-9,12,15,17,23H,10-11,13-14,18H2,1H3,(H,30,33). The molecule has 172 valence electrons. The van der Waals surface area contributed by atoms with E-state index in [1.807, 2.05) is 48.2 Å². The van der Waals surface area contributed by atoms with E-state index in [9.17, 15) is 9.59 Å². The Morgan fingerprint density at radius 2 is 1.91 bits per heavy atom. The van der Waals surface area contributed by atoms with Gasteiger partial charge in [0.05, 0.1) is 11.6 Å². The van der Waals surface area contributed by atoms with Crippen LogP contribution in [-0.2, 0) is 11.3 Å². The van der Waals surface area contributed by atoms with Crippen molar-refractivity contribution in [2.45, 2.75) is 32.3 Å². The number of amides is 2. The summed E-state index contributed by atoms with van der Waals surface area (Å²) < 4.78 is 5.27. The van der Waals surface area contributed by atoms with Gasteiger partial charge in [-0.05, 0) is 67.1 Å². The second kappa shape index (κ2) is 10.6. The number of anilines is 1. The topological polar surface area (TPSA) is 95.3 Å². The molecule has 2 aromatic carbocycles. The van der Waals surface area contributed by atoms with Crippen LogP contribution in [0.3, 0.4) is 0 Å². The molecule has 0 saturated carbocycles. The number of carbonyl (C=O) groups is 2. The van der Waals surface area contributed by atoms with Crippen LogP contribution in [0.15, 0.2) is 67.0 Å². The number of hydrogen-bond donors (Lipinski definition) is 1. The number of piperidine rings is 1. The van der Waals surface area contributed by atoms with Crippen LogP contribution in [0.25, 0.3) is 0 Å². The highest BCUT2D eigenvalue weighted by Crippen LogP contribution is 2.29. The zero-order valence-corrected chi connectivity index (χ0v) is 19.0. The summed E-state index contributed by atoms with van der Waals surface area (Å²) in [5, 5.41) is 11.7. The number of pyridine rings is 1. The average Bonchev–Trinajstić information content (AvgIpc) is 2.89. The molecule has 0 bridgehead atoms. The number of nitriles is 1. The molecule has 34 heavy (non-hydrogen) atoms. The minimum atomic E-state index is -0.584. The number of benzene rings is 2. The smallest absolute Gasteiger partial charge is 0.411 e. The van der Waals surface area contributed by atoms with Crippen molar-refractivity contribution < 1.29 is 14.3 Å². The van der Waals surface area contributed by atoms with Crippen molar-refractivity contribution in [3.63, 3.8) is 0 Å². The molecule has 1 aliphatic rings. The van der Waals surface area contributed by atoms with Crippen LogP contribution in [0, 0.1) is 18.3 Å². The van der Waals surface area contributed by atoms with Crippen LogP contribution in [0.5, 0.6) is 0 Å². The Morgan fingerprint density at radius 3 is 2.59 bits per heavy atom. The van der Waals surface area contributed by atoms with Crippen molar-refractivity contribution in [3.8, 4) is 6.07 Å². The van der Waals surface area contributed by atoms with Crippen molar-refractivity contribution in [2.75, 3.05) is 18.4 Å². The Balaban J connectivity index is 1.35. The van der Waals surface area contributed by atoms with E-state index in [2.05, 4.69) is 16.4 Å². The van der Waals surface area contributed by atoms with Gasteiger partial charge in [0.1, 0.15) is 6.61 Å². The summed E-state index contributed by atoms with van der Waals surface area (Å²) in [4.78, 5) is 31.2.